The van der Waals surface area contributed by atoms with Crippen LogP contribution in [-0.2, 0) is 29.4 Å². The van der Waals surface area contributed by atoms with E-state index in [9.17, 15) is 41.2 Å². The van der Waals surface area contributed by atoms with Crippen LogP contribution < -0.4 is 10.6 Å². The first-order valence-corrected chi connectivity index (χ1v) is 18.3. The quantitative estimate of drug-likeness (QED) is 0.171. The van der Waals surface area contributed by atoms with Gasteiger partial charge >= 0.3 is 6.03 Å². The molecule has 3 amide bonds. The fourth-order valence-corrected chi connectivity index (χ4v) is 7.60. The summed E-state index contributed by atoms with van der Waals surface area (Å²) in [5, 5.41) is 5.62. The molecule has 0 unspecified atom stereocenters. The van der Waals surface area contributed by atoms with Crippen LogP contribution in [0.15, 0.2) is 12.7 Å². The molecule has 2 fully saturated rings. The molecule has 280 valence electrons. The second-order valence-electron chi connectivity index (χ2n) is 15.8. The summed E-state index contributed by atoms with van der Waals surface area (Å²) < 4.78 is 54.7. The Morgan fingerprint density at radius 3 is 2.10 bits per heavy atom. The van der Waals surface area contributed by atoms with Crippen LogP contribution in [0.2, 0.25) is 0 Å². The predicted octanol–water partition coefficient (Wildman–Crippen LogP) is 3.82. The smallest absolute Gasteiger partial charge is 0.315 e. The number of hydrogen-bond donors (Lipinski definition) is 2. The minimum Gasteiger partial charge on any atom is -0.334 e. The highest BCUT2D eigenvalue weighted by atomic mass is 32.2. The number of ketones is 3. The topological polar surface area (TPSA) is 153 Å². The van der Waals surface area contributed by atoms with Crippen LogP contribution in [-0.4, -0.2) is 110 Å². The van der Waals surface area contributed by atoms with Crippen molar-refractivity contribution in [2.45, 2.75) is 111 Å². The van der Waals surface area contributed by atoms with E-state index in [2.05, 4.69) is 17.2 Å². The lowest BCUT2D eigenvalue weighted by Crippen LogP contribution is -2.61. The van der Waals surface area contributed by atoms with Crippen molar-refractivity contribution in [3.05, 3.63) is 12.7 Å². The van der Waals surface area contributed by atoms with Crippen molar-refractivity contribution >= 4 is 39.5 Å². The molecule has 6 atom stereocenters. The lowest BCUT2D eigenvalue weighted by molar-refractivity contribution is -0.144. The zero-order valence-electron chi connectivity index (χ0n) is 30.6. The molecular formula is C34H57F2N5O7S. The predicted molar refractivity (Wildman–Crippen MR) is 183 cm³/mol. The summed E-state index contributed by atoms with van der Waals surface area (Å²) in [6.45, 7) is 14.5. The Balaban J connectivity index is 2.36. The fourth-order valence-electron chi connectivity index (χ4n) is 6.70. The van der Waals surface area contributed by atoms with Gasteiger partial charge in [-0.15, -0.1) is 6.58 Å². The summed E-state index contributed by atoms with van der Waals surface area (Å²) >= 11 is 0. The number of Topliss-reactive ketones (excluding diaryl/α,β-unsaturated/α-hetero) is 3. The number of alkyl halides is 2. The van der Waals surface area contributed by atoms with Gasteiger partial charge in [0, 0.05) is 65.5 Å². The lowest BCUT2D eigenvalue weighted by Gasteiger charge is -2.38. The number of likely N-dealkylation sites (N-methyl/N-ethyl adjacent to an activating group) is 1. The van der Waals surface area contributed by atoms with E-state index in [0.29, 0.717) is 6.42 Å². The van der Waals surface area contributed by atoms with Crippen molar-refractivity contribution in [2.75, 3.05) is 34.2 Å². The number of nitrogens with one attached hydrogen (secondary N) is 2. The standard InChI is InChI=1S/C34H57F2N5O7S/c1-11-12-16-24(42)29(44)22(18-27(35)36)17-25(43)28-23-15-13-14-21(23)19-41(28)31(45)30(34(5,6)7)38-32(46)37-26(33(2,3)4)20-40(10)49(47,48)39(8)9/h11,21-23,26-28,30H,1,12-20H2,2-10H3,(H2,37,38,46)/t21-,22-,23-,26+,28-,30+/m0/s1. The Morgan fingerprint density at radius 1 is 0.980 bits per heavy atom. The van der Waals surface area contributed by atoms with Gasteiger partial charge in [0.2, 0.25) is 18.1 Å². The van der Waals surface area contributed by atoms with Crippen molar-refractivity contribution in [3.63, 3.8) is 0 Å². The molecule has 1 saturated heterocycles. The first-order valence-electron chi connectivity index (χ1n) is 16.9. The Labute approximate surface area is 290 Å². The number of nitrogens with zero attached hydrogens (tertiary/aromatic N) is 3. The largest absolute Gasteiger partial charge is 0.334 e. The van der Waals surface area contributed by atoms with Gasteiger partial charge in [-0.1, -0.05) is 54.0 Å². The van der Waals surface area contributed by atoms with Gasteiger partial charge in [0.15, 0.2) is 11.6 Å². The minimum absolute atomic E-state index is 0.00901. The normalized spacial score (nSPS) is 21.8. The highest BCUT2D eigenvalue weighted by molar-refractivity contribution is 7.86. The third-order valence-corrected chi connectivity index (χ3v) is 11.5. The molecule has 0 radical (unpaired) electrons. The number of hydrogen-bond acceptors (Lipinski definition) is 7. The second kappa shape index (κ2) is 17.0. The van der Waals surface area contributed by atoms with Gasteiger partial charge in [0.25, 0.3) is 10.2 Å². The molecule has 2 N–H and O–H groups in total. The maximum Gasteiger partial charge on any atom is 0.315 e. The summed E-state index contributed by atoms with van der Waals surface area (Å²) in [4.78, 5) is 68.6. The number of fused-ring (bicyclic) bond motifs is 1. The number of allylic oxidation sites excluding steroid dienone is 1. The van der Waals surface area contributed by atoms with Crippen molar-refractivity contribution in [2.24, 2.45) is 28.6 Å². The molecule has 2 rings (SSSR count). The maximum atomic E-state index is 14.4. The molecule has 1 heterocycles. The maximum absolute atomic E-state index is 14.4. The molecule has 1 aliphatic carbocycles. The number of halogens is 2. The summed E-state index contributed by atoms with van der Waals surface area (Å²) in [6.07, 6.45) is -0.754. The molecule has 0 aromatic carbocycles. The SMILES string of the molecule is C=CCCC(=O)C(=O)[C@@H](CC(=O)[C@@H]1[C@H]2CCC[C@H]2CN1C(=O)[C@@H](NC(=O)N[C@H](CN(C)S(=O)(=O)N(C)C)C(C)(C)C)C(C)(C)C)CC(F)F. The summed E-state index contributed by atoms with van der Waals surface area (Å²) in [6, 6.07) is -3.48. The first kappa shape index (κ1) is 42.4. The van der Waals surface area contributed by atoms with E-state index in [4.69, 9.17) is 0 Å². The third kappa shape index (κ3) is 11.1. The summed E-state index contributed by atoms with van der Waals surface area (Å²) in [5.41, 5.74) is -1.42. The Morgan fingerprint density at radius 2 is 1.59 bits per heavy atom. The van der Waals surface area contributed by atoms with Gasteiger partial charge in [0.1, 0.15) is 6.04 Å². The molecule has 0 spiro atoms. The Bertz CT molecular complexity index is 1340. The molecule has 15 heteroatoms. The monoisotopic (exact) mass is 717 g/mol. The molecule has 1 aliphatic heterocycles. The van der Waals surface area contributed by atoms with E-state index in [1.807, 2.05) is 20.8 Å². The van der Waals surface area contributed by atoms with Gasteiger partial charge < -0.3 is 15.5 Å². The Hall–Kier alpha value is -2.78. The van der Waals surface area contributed by atoms with Crippen molar-refractivity contribution < 1.29 is 41.2 Å². The van der Waals surface area contributed by atoms with Crippen molar-refractivity contribution in [3.8, 4) is 0 Å². The van der Waals surface area contributed by atoms with E-state index < -0.39 is 93.6 Å². The van der Waals surface area contributed by atoms with Crippen LogP contribution in [0.5, 0.6) is 0 Å². The lowest BCUT2D eigenvalue weighted by atomic mass is 9.83. The van der Waals surface area contributed by atoms with E-state index in [1.54, 1.807) is 20.8 Å². The number of urea groups is 1. The highest BCUT2D eigenvalue weighted by Gasteiger charge is 2.52. The highest BCUT2D eigenvalue weighted by Crippen LogP contribution is 2.44. The van der Waals surface area contributed by atoms with Gasteiger partial charge in [-0.2, -0.15) is 17.0 Å². The molecule has 0 bridgehead atoms. The van der Waals surface area contributed by atoms with E-state index in [-0.39, 0.29) is 37.8 Å². The average Bonchev–Trinajstić information content (AvgIpc) is 3.57. The molecule has 2 aliphatic rings. The minimum atomic E-state index is -3.77. The summed E-state index contributed by atoms with van der Waals surface area (Å²) in [5.74, 6) is -4.67. The zero-order valence-corrected chi connectivity index (χ0v) is 31.4. The number of amides is 3. The molecule has 49 heavy (non-hydrogen) atoms. The molecule has 12 nitrogen and oxygen atoms in total. The number of likely N-dealkylation sites (tertiary alicyclic amines) is 1. The van der Waals surface area contributed by atoms with Gasteiger partial charge in [0.05, 0.1) is 6.04 Å². The van der Waals surface area contributed by atoms with Crippen LogP contribution in [0.3, 0.4) is 0 Å². The van der Waals surface area contributed by atoms with Gasteiger partial charge in [-0.25, -0.2) is 13.6 Å². The van der Waals surface area contributed by atoms with E-state index in [1.165, 1.54) is 32.1 Å². The van der Waals surface area contributed by atoms with E-state index in [0.717, 1.165) is 21.5 Å². The van der Waals surface area contributed by atoms with Crippen LogP contribution in [0.4, 0.5) is 13.6 Å². The second-order valence-corrected chi connectivity index (χ2v) is 18.1. The van der Waals surface area contributed by atoms with E-state index >= 15 is 0 Å². The van der Waals surface area contributed by atoms with Crippen LogP contribution in [0.25, 0.3) is 0 Å². The van der Waals surface area contributed by atoms with Crippen LogP contribution in [0, 0.1) is 28.6 Å². The molecule has 1 saturated carbocycles. The van der Waals surface area contributed by atoms with Crippen LogP contribution >= 0.6 is 0 Å². The van der Waals surface area contributed by atoms with Gasteiger partial charge in [-0.05, 0) is 41.9 Å². The first-order chi connectivity index (χ1) is 22.4. The number of carbonyl (C=O) groups is 5. The molecule has 0 aromatic heterocycles. The third-order valence-electron chi connectivity index (χ3n) is 9.67. The average molecular weight is 718 g/mol. The number of carbonyl (C=O) groups excluding carboxylic acids is 5. The number of rotatable bonds is 17. The van der Waals surface area contributed by atoms with Gasteiger partial charge in [-0.3, -0.25) is 19.2 Å². The Kier molecular flexibility index (Phi) is 14.7. The van der Waals surface area contributed by atoms with Crippen LogP contribution in [0.1, 0.15) is 86.5 Å². The molecule has 0 aromatic rings. The van der Waals surface area contributed by atoms with Crippen molar-refractivity contribution in [1.82, 2.24) is 24.1 Å². The van der Waals surface area contributed by atoms with Crippen molar-refractivity contribution in [1.29, 1.82) is 0 Å². The zero-order chi connectivity index (χ0) is 37.6. The summed E-state index contributed by atoms with van der Waals surface area (Å²) in [7, 11) is 0.447. The molecular weight excluding hydrogens is 660 g/mol. The fraction of sp³-hybridized carbons (Fsp3) is 0.794.